The van der Waals surface area contributed by atoms with Crippen LogP contribution in [-0.2, 0) is 11.2 Å². The van der Waals surface area contributed by atoms with Crippen LogP contribution in [0.1, 0.15) is 18.3 Å². The first-order valence-corrected chi connectivity index (χ1v) is 4.87. The summed E-state index contributed by atoms with van der Waals surface area (Å²) in [5.41, 5.74) is 1.65. The van der Waals surface area contributed by atoms with E-state index in [1.807, 2.05) is 6.92 Å². The predicted octanol–water partition coefficient (Wildman–Crippen LogP) is 0.225. The van der Waals surface area contributed by atoms with Crippen molar-refractivity contribution in [3.8, 4) is 5.88 Å². The van der Waals surface area contributed by atoms with Crippen molar-refractivity contribution in [1.82, 2.24) is 15.3 Å². The molecule has 1 aromatic heterocycles. The fourth-order valence-electron chi connectivity index (χ4n) is 1.59. The first-order valence-electron chi connectivity index (χ1n) is 4.87. The molecule has 0 aliphatic carbocycles. The van der Waals surface area contributed by atoms with Crippen molar-refractivity contribution in [3.63, 3.8) is 0 Å². The number of fused-ring (bicyclic) bond motifs is 1. The number of nitrogens with one attached hydrogen (secondary N) is 1. The molecule has 0 saturated heterocycles. The maximum Gasteiger partial charge on any atom is 0.236 e. The van der Waals surface area contributed by atoms with Gasteiger partial charge >= 0.3 is 0 Å². The molecule has 2 rings (SSSR count). The molecule has 1 atom stereocenters. The van der Waals surface area contributed by atoms with Gasteiger partial charge in [-0.2, -0.15) is 0 Å². The molecule has 0 aromatic carbocycles. The summed E-state index contributed by atoms with van der Waals surface area (Å²) in [6.45, 7) is 3.83. The summed E-state index contributed by atoms with van der Waals surface area (Å²) in [7, 11) is 0. The number of hydrogen-bond acceptors (Lipinski definition) is 4. The molecule has 80 valence electrons. The Balaban J connectivity index is 2.13. The van der Waals surface area contributed by atoms with Gasteiger partial charge in [-0.1, -0.05) is 0 Å². The number of rotatable bonds is 1. The van der Waals surface area contributed by atoms with Crippen LogP contribution in [0.15, 0.2) is 6.20 Å². The third kappa shape index (κ3) is 2.23. The summed E-state index contributed by atoms with van der Waals surface area (Å²) in [5, 5.41) is 2.81. The summed E-state index contributed by atoms with van der Waals surface area (Å²) in [5.74, 6) is 0.545. The Morgan fingerprint density at radius 1 is 1.67 bits per heavy atom. The molecule has 0 radical (unpaired) electrons. The second-order valence-corrected chi connectivity index (χ2v) is 3.68. The monoisotopic (exact) mass is 207 g/mol. The minimum atomic E-state index is -0.0490. The molecule has 1 aliphatic heterocycles. The topological polar surface area (TPSA) is 64.1 Å². The summed E-state index contributed by atoms with van der Waals surface area (Å²) in [4.78, 5) is 19.3. The Hall–Kier alpha value is -1.65. The zero-order valence-electron chi connectivity index (χ0n) is 8.78. The van der Waals surface area contributed by atoms with E-state index in [-0.39, 0.29) is 11.9 Å². The molecule has 0 spiro atoms. The maximum absolute atomic E-state index is 10.9. The van der Waals surface area contributed by atoms with Crippen LogP contribution >= 0.6 is 0 Å². The average molecular weight is 207 g/mol. The van der Waals surface area contributed by atoms with E-state index in [4.69, 9.17) is 4.74 Å². The van der Waals surface area contributed by atoms with E-state index in [9.17, 15) is 4.79 Å². The summed E-state index contributed by atoms with van der Waals surface area (Å²) >= 11 is 0. The number of carbonyl (C=O) groups excluding carboxylic acids is 1. The van der Waals surface area contributed by atoms with E-state index in [2.05, 4.69) is 15.3 Å². The van der Waals surface area contributed by atoms with Crippen LogP contribution in [0.4, 0.5) is 0 Å². The first-order chi connectivity index (χ1) is 7.15. The SMILES string of the molecule is CC(=O)NC1COc2nc(C)cnc2C1. The highest BCUT2D eigenvalue weighted by Gasteiger charge is 2.22. The van der Waals surface area contributed by atoms with Crippen molar-refractivity contribution >= 4 is 5.91 Å². The number of carbonyl (C=O) groups is 1. The first kappa shape index (κ1) is 9.89. The second kappa shape index (κ2) is 3.84. The van der Waals surface area contributed by atoms with Crippen molar-refractivity contribution < 1.29 is 9.53 Å². The van der Waals surface area contributed by atoms with Gasteiger partial charge in [0.15, 0.2) is 0 Å². The fraction of sp³-hybridized carbons (Fsp3) is 0.500. The number of aryl methyl sites for hydroxylation is 1. The van der Waals surface area contributed by atoms with Crippen molar-refractivity contribution in [2.75, 3.05) is 6.61 Å². The lowest BCUT2D eigenvalue weighted by molar-refractivity contribution is -0.119. The lowest BCUT2D eigenvalue weighted by Gasteiger charge is -2.24. The molecule has 0 bridgehead atoms. The highest BCUT2D eigenvalue weighted by atomic mass is 16.5. The minimum Gasteiger partial charge on any atom is -0.474 e. The van der Waals surface area contributed by atoms with Gasteiger partial charge in [-0.25, -0.2) is 4.98 Å². The zero-order chi connectivity index (χ0) is 10.8. The molecule has 15 heavy (non-hydrogen) atoms. The molecule has 1 amide bonds. The molecule has 5 heteroatoms. The highest BCUT2D eigenvalue weighted by Crippen LogP contribution is 2.19. The Morgan fingerprint density at radius 2 is 2.47 bits per heavy atom. The lowest BCUT2D eigenvalue weighted by atomic mass is 10.1. The number of hydrogen-bond donors (Lipinski definition) is 1. The molecule has 0 saturated carbocycles. The minimum absolute atomic E-state index is 0.00649. The van der Waals surface area contributed by atoms with Crippen LogP contribution in [0.25, 0.3) is 0 Å². The average Bonchev–Trinajstić information content (AvgIpc) is 2.17. The van der Waals surface area contributed by atoms with Gasteiger partial charge in [-0.15, -0.1) is 0 Å². The van der Waals surface area contributed by atoms with Crippen LogP contribution in [0.3, 0.4) is 0 Å². The van der Waals surface area contributed by atoms with Gasteiger partial charge in [0.25, 0.3) is 0 Å². The molecule has 1 unspecified atom stereocenters. The standard InChI is InChI=1S/C10H13N3O2/c1-6-4-11-9-3-8(13-7(2)14)5-15-10(9)12-6/h4,8H,3,5H2,1-2H3,(H,13,14). The molecule has 1 aliphatic rings. The summed E-state index contributed by atoms with van der Waals surface area (Å²) in [6, 6.07) is 0.00649. The molecule has 1 aromatic rings. The Bertz CT molecular complexity index is 392. The van der Waals surface area contributed by atoms with Crippen LogP contribution in [0, 0.1) is 6.92 Å². The maximum atomic E-state index is 10.9. The predicted molar refractivity (Wildman–Crippen MR) is 53.6 cm³/mol. The van der Waals surface area contributed by atoms with Gasteiger partial charge in [0, 0.05) is 19.5 Å². The fourth-order valence-corrected chi connectivity index (χ4v) is 1.59. The van der Waals surface area contributed by atoms with Crippen molar-refractivity contribution in [2.24, 2.45) is 0 Å². The Kier molecular flexibility index (Phi) is 2.53. The summed E-state index contributed by atoms with van der Waals surface area (Å²) in [6.07, 6.45) is 2.39. The van der Waals surface area contributed by atoms with E-state index in [1.54, 1.807) is 6.20 Å². The molecule has 5 nitrogen and oxygen atoms in total. The molecular weight excluding hydrogens is 194 g/mol. The van der Waals surface area contributed by atoms with E-state index in [0.29, 0.717) is 18.9 Å². The zero-order valence-corrected chi connectivity index (χ0v) is 8.78. The number of aromatic nitrogens is 2. The van der Waals surface area contributed by atoms with Crippen molar-refractivity contribution in [2.45, 2.75) is 26.3 Å². The normalized spacial score (nSPS) is 18.9. The third-order valence-electron chi connectivity index (χ3n) is 2.20. The number of ether oxygens (including phenoxy) is 1. The van der Waals surface area contributed by atoms with Gasteiger partial charge in [0.05, 0.1) is 11.7 Å². The van der Waals surface area contributed by atoms with E-state index < -0.39 is 0 Å². The smallest absolute Gasteiger partial charge is 0.236 e. The second-order valence-electron chi connectivity index (χ2n) is 3.68. The van der Waals surface area contributed by atoms with Gasteiger partial charge in [-0.3, -0.25) is 9.78 Å². The highest BCUT2D eigenvalue weighted by molar-refractivity contribution is 5.73. The molecule has 2 heterocycles. The van der Waals surface area contributed by atoms with Crippen LogP contribution in [-0.4, -0.2) is 28.5 Å². The van der Waals surface area contributed by atoms with Gasteiger partial charge in [-0.05, 0) is 6.92 Å². The van der Waals surface area contributed by atoms with Gasteiger partial charge in [0.2, 0.25) is 11.8 Å². The number of nitrogens with zero attached hydrogens (tertiary/aromatic N) is 2. The van der Waals surface area contributed by atoms with Crippen molar-refractivity contribution in [1.29, 1.82) is 0 Å². The molecule has 0 fully saturated rings. The summed E-state index contributed by atoms with van der Waals surface area (Å²) < 4.78 is 5.43. The van der Waals surface area contributed by atoms with Gasteiger partial charge in [0.1, 0.15) is 12.3 Å². The van der Waals surface area contributed by atoms with Crippen LogP contribution in [0.5, 0.6) is 5.88 Å². The molecule has 1 N–H and O–H groups in total. The van der Waals surface area contributed by atoms with Crippen LogP contribution in [0.2, 0.25) is 0 Å². The van der Waals surface area contributed by atoms with E-state index in [1.165, 1.54) is 6.92 Å². The van der Waals surface area contributed by atoms with E-state index >= 15 is 0 Å². The van der Waals surface area contributed by atoms with Crippen molar-refractivity contribution in [3.05, 3.63) is 17.6 Å². The Labute approximate surface area is 87.9 Å². The Morgan fingerprint density at radius 3 is 3.20 bits per heavy atom. The number of amides is 1. The molecular formula is C10H13N3O2. The quantitative estimate of drug-likeness (QED) is 0.715. The van der Waals surface area contributed by atoms with E-state index in [0.717, 1.165) is 11.4 Å². The third-order valence-corrected chi connectivity index (χ3v) is 2.20. The van der Waals surface area contributed by atoms with Crippen LogP contribution < -0.4 is 10.1 Å². The van der Waals surface area contributed by atoms with Gasteiger partial charge < -0.3 is 10.1 Å². The lowest BCUT2D eigenvalue weighted by Crippen LogP contribution is -2.42. The largest absolute Gasteiger partial charge is 0.474 e.